The number of rotatable bonds is 5. The number of carbonyl (C=O) groups is 2. The summed E-state index contributed by atoms with van der Waals surface area (Å²) in [7, 11) is 1.58. The molecule has 1 saturated heterocycles. The van der Waals surface area contributed by atoms with E-state index in [1.54, 1.807) is 49.6 Å². The SMILES string of the molecule is COc1ccc(CN2C(=O)C(=O)/C(=C(\O)c3ccc(C)c(C)c3)C2c2ccc(Cl)cc2)cc1. The molecule has 1 aliphatic heterocycles. The van der Waals surface area contributed by atoms with Gasteiger partial charge >= 0.3 is 0 Å². The number of halogens is 1. The normalized spacial score (nSPS) is 17.5. The molecule has 1 N–H and O–H groups in total. The Bertz CT molecular complexity index is 1250. The van der Waals surface area contributed by atoms with Crippen LogP contribution in [-0.4, -0.2) is 28.8 Å². The highest BCUT2D eigenvalue weighted by Gasteiger charge is 2.46. The van der Waals surface area contributed by atoms with Crippen LogP contribution in [0.5, 0.6) is 5.75 Å². The van der Waals surface area contributed by atoms with Gasteiger partial charge in [-0.1, -0.05) is 48.0 Å². The Morgan fingerprint density at radius 2 is 1.64 bits per heavy atom. The molecule has 1 aliphatic rings. The number of nitrogens with zero attached hydrogens (tertiary/aromatic N) is 1. The molecule has 1 heterocycles. The topological polar surface area (TPSA) is 66.8 Å². The molecular weight excluding hydrogens is 438 g/mol. The molecule has 33 heavy (non-hydrogen) atoms. The molecule has 5 nitrogen and oxygen atoms in total. The smallest absolute Gasteiger partial charge is 0.295 e. The van der Waals surface area contributed by atoms with E-state index in [9.17, 15) is 14.7 Å². The Morgan fingerprint density at radius 1 is 0.970 bits per heavy atom. The average molecular weight is 462 g/mol. The third-order valence-electron chi connectivity index (χ3n) is 6.02. The number of ketones is 1. The van der Waals surface area contributed by atoms with E-state index >= 15 is 0 Å². The summed E-state index contributed by atoms with van der Waals surface area (Å²) >= 11 is 6.08. The van der Waals surface area contributed by atoms with Gasteiger partial charge in [-0.25, -0.2) is 0 Å². The molecule has 0 aliphatic carbocycles. The molecular formula is C27H24ClNO4. The zero-order chi connectivity index (χ0) is 23.7. The van der Waals surface area contributed by atoms with Crippen molar-refractivity contribution in [2.24, 2.45) is 0 Å². The van der Waals surface area contributed by atoms with Crippen LogP contribution in [0.1, 0.15) is 33.9 Å². The lowest BCUT2D eigenvalue weighted by Crippen LogP contribution is -2.29. The van der Waals surface area contributed by atoms with Gasteiger partial charge in [-0.2, -0.15) is 0 Å². The summed E-state index contributed by atoms with van der Waals surface area (Å²) in [5, 5.41) is 11.7. The maximum Gasteiger partial charge on any atom is 0.295 e. The van der Waals surface area contributed by atoms with Crippen molar-refractivity contribution in [1.29, 1.82) is 0 Å². The highest BCUT2D eigenvalue weighted by atomic mass is 35.5. The summed E-state index contributed by atoms with van der Waals surface area (Å²) < 4.78 is 5.21. The van der Waals surface area contributed by atoms with Crippen LogP contribution in [0.25, 0.3) is 5.76 Å². The minimum atomic E-state index is -0.744. The number of benzene rings is 3. The molecule has 3 aromatic carbocycles. The number of amides is 1. The standard InChI is InChI=1S/C27H24ClNO4/c1-16-4-7-20(14-17(16)2)25(30)23-24(19-8-10-21(28)11-9-19)29(27(32)26(23)31)15-18-5-12-22(33-3)13-6-18/h4-14,24,30H,15H2,1-3H3/b25-23-. The molecule has 6 heteroatoms. The van der Waals surface area contributed by atoms with Crippen molar-refractivity contribution in [2.75, 3.05) is 7.11 Å². The number of aliphatic hydroxyl groups is 1. The van der Waals surface area contributed by atoms with E-state index in [2.05, 4.69) is 0 Å². The number of methoxy groups -OCH3 is 1. The molecule has 0 radical (unpaired) electrons. The predicted octanol–water partition coefficient (Wildman–Crippen LogP) is 5.59. The summed E-state index contributed by atoms with van der Waals surface area (Å²) in [5.41, 5.74) is 4.15. The van der Waals surface area contributed by atoms with Crippen LogP contribution < -0.4 is 4.74 Å². The first kappa shape index (κ1) is 22.6. The van der Waals surface area contributed by atoms with Crippen molar-refractivity contribution in [1.82, 2.24) is 4.90 Å². The van der Waals surface area contributed by atoms with Gasteiger partial charge in [0.1, 0.15) is 11.5 Å². The summed E-state index contributed by atoms with van der Waals surface area (Å²) in [6, 6.07) is 19.0. The van der Waals surface area contributed by atoms with Crippen molar-refractivity contribution in [3.63, 3.8) is 0 Å². The lowest BCUT2D eigenvalue weighted by molar-refractivity contribution is -0.140. The predicted molar refractivity (Wildman–Crippen MR) is 128 cm³/mol. The molecule has 1 unspecified atom stereocenters. The lowest BCUT2D eigenvalue weighted by atomic mass is 9.94. The second kappa shape index (κ2) is 9.12. The average Bonchev–Trinajstić information content (AvgIpc) is 3.06. The van der Waals surface area contributed by atoms with Gasteiger partial charge < -0.3 is 14.7 Å². The number of hydrogen-bond donors (Lipinski definition) is 1. The summed E-state index contributed by atoms with van der Waals surface area (Å²) in [6.07, 6.45) is 0. The Balaban J connectivity index is 1.83. The fourth-order valence-electron chi connectivity index (χ4n) is 4.01. The highest BCUT2D eigenvalue weighted by Crippen LogP contribution is 2.40. The van der Waals surface area contributed by atoms with E-state index in [0.717, 1.165) is 16.7 Å². The molecule has 0 spiro atoms. The van der Waals surface area contributed by atoms with Gasteiger partial charge in [-0.05, 0) is 66.4 Å². The Labute approximate surface area is 197 Å². The van der Waals surface area contributed by atoms with Gasteiger partial charge in [0.2, 0.25) is 0 Å². The van der Waals surface area contributed by atoms with Gasteiger partial charge in [0, 0.05) is 17.1 Å². The Hall–Kier alpha value is -3.57. The van der Waals surface area contributed by atoms with E-state index < -0.39 is 17.7 Å². The summed E-state index contributed by atoms with van der Waals surface area (Å²) in [4.78, 5) is 27.8. The Kier molecular flexibility index (Phi) is 6.25. The number of carbonyl (C=O) groups excluding carboxylic acids is 2. The molecule has 3 aromatic rings. The van der Waals surface area contributed by atoms with Crippen LogP contribution in [0.4, 0.5) is 0 Å². The van der Waals surface area contributed by atoms with Crippen LogP contribution in [0.3, 0.4) is 0 Å². The lowest BCUT2D eigenvalue weighted by Gasteiger charge is -2.25. The molecule has 1 fully saturated rings. The molecule has 168 valence electrons. The minimum absolute atomic E-state index is 0.0686. The van der Waals surface area contributed by atoms with Crippen LogP contribution in [-0.2, 0) is 16.1 Å². The minimum Gasteiger partial charge on any atom is -0.507 e. The number of Topliss-reactive ketones (excluding diaryl/α,β-unsaturated/α-hetero) is 1. The Morgan fingerprint density at radius 3 is 2.24 bits per heavy atom. The molecule has 0 saturated carbocycles. The zero-order valence-corrected chi connectivity index (χ0v) is 19.4. The number of aryl methyl sites for hydroxylation is 2. The molecule has 0 aromatic heterocycles. The van der Waals surface area contributed by atoms with Crippen molar-refractivity contribution in [2.45, 2.75) is 26.4 Å². The van der Waals surface area contributed by atoms with Crippen LogP contribution >= 0.6 is 11.6 Å². The second-order valence-corrected chi connectivity index (χ2v) is 8.56. The maximum absolute atomic E-state index is 13.2. The second-order valence-electron chi connectivity index (χ2n) is 8.13. The van der Waals surface area contributed by atoms with Crippen LogP contribution in [0, 0.1) is 13.8 Å². The third kappa shape index (κ3) is 4.37. The van der Waals surface area contributed by atoms with Gasteiger partial charge in [0.25, 0.3) is 11.7 Å². The number of likely N-dealkylation sites (tertiary alicyclic amines) is 1. The van der Waals surface area contributed by atoms with Crippen LogP contribution in [0.15, 0.2) is 72.3 Å². The van der Waals surface area contributed by atoms with E-state index in [4.69, 9.17) is 16.3 Å². The third-order valence-corrected chi connectivity index (χ3v) is 6.27. The largest absolute Gasteiger partial charge is 0.507 e. The van der Waals surface area contributed by atoms with Crippen molar-refractivity contribution in [3.8, 4) is 5.75 Å². The van der Waals surface area contributed by atoms with Gasteiger partial charge in [0.05, 0.1) is 18.7 Å². The number of hydrogen-bond acceptors (Lipinski definition) is 4. The molecule has 4 rings (SSSR count). The monoisotopic (exact) mass is 461 g/mol. The number of aliphatic hydroxyl groups excluding tert-OH is 1. The fourth-order valence-corrected chi connectivity index (χ4v) is 4.13. The van der Waals surface area contributed by atoms with Gasteiger partial charge in [0.15, 0.2) is 0 Å². The fraction of sp³-hybridized carbons (Fsp3) is 0.185. The molecule has 0 bridgehead atoms. The van der Waals surface area contributed by atoms with Gasteiger partial charge in [-0.3, -0.25) is 9.59 Å². The van der Waals surface area contributed by atoms with Crippen LogP contribution in [0.2, 0.25) is 5.02 Å². The van der Waals surface area contributed by atoms with E-state index in [0.29, 0.717) is 21.9 Å². The zero-order valence-electron chi connectivity index (χ0n) is 18.6. The summed E-state index contributed by atoms with van der Waals surface area (Å²) in [5.74, 6) is -0.853. The van der Waals surface area contributed by atoms with E-state index in [1.807, 2.05) is 38.1 Å². The first-order valence-electron chi connectivity index (χ1n) is 10.5. The first-order chi connectivity index (χ1) is 15.8. The first-order valence-corrected chi connectivity index (χ1v) is 10.9. The summed E-state index contributed by atoms with van der Waals surface area (Å²) in [6.45, 7) is 4.11. The van der Waals surface area contributed by atoms with Crippen molar-refractivity contribution < 1.29 is 19.4 Å². The van der Waals surface area contributed by atoms with Crippen molar-refractivity contribution >= 4 is 29.1 Å². The van der Waals surface area contributed by atoms with Gasteiger partial charge in [-0.15, -0.1) is 0 Å². The quantitative estimate of drug-likeness (QED) is 0.305. The molecule has 1 atom stereocenters. The van der Waals surface area contributed by atoms with Crippen molar-refractivity contribution in [3.05, 3.63) is 105 Å². The van der Waals surface area contributed by atoms with E-state index in [1.165, 1.54) is 4.90 Å². The maximum atomic E-state index is 13.2. The number of ether oxygens (including phenoxy) is 1. The molecule has 1 amide bonds. The highest BCUT2D eigenvalue weighted by molar-refractivity contribution is 6.46. The van der Waals surface area contributed by atoms with E-state index in [-0.39, 0.29) is 17.9 Å².